The summed E-state index contributed by atoms with van der Waals surface area (Å²) < 4.78 is 13.0. The summed E-state index contributed by atoms with van der Waals surface area (Å²) >= 11 is 3.80. The lowest BCUT2D eigenvalue weighted by atomic mass is 9.63. The van der Waals surface area contributed by atoms with Crippen LogP contribution in [0, 0.1) is 24.7 Å². The van der Waals surface area contributed by atoms with Crippen molar-refractivity contribution in [3.05, 3.63) is 79.6 Å². The van der Waals surface area contributed by atoms with Crippen LogP contribution in [-0.4, -0.2) is 29.6 Å². The molecule has 6 rings (SSSR count). The van der Waals surface area contributed by atoms with E-state index in [1.165, 1.54) is 30.4 Å². The fourth-order valence-electron chi connectivity index (χ4n) is 8.20. The summed E-state index contributed by atoms with van der Waals surface area (Å²) in [6.07, 6.45) is 8.49. The van der Waals surface area contributed by atoms with Crippen LogP contribution in [0.3, 0.4) is 0 Å². The van der Waals surface area contributed by atoms with Crippen molar-refractivity contribution in [2.24, 2.45) is 10.8 Å². The number of rotatable bonds is 6. The van der Waals surface area contributed by atoms with E-state index in [-0.39, 0.29) is 22.4 Å². The van der Waals surface area contributed by atoms with Gasteiger partial charge in [0.15, 0.2) is 23.1 Å². The third kappa shape index (κ3) is 6.16. The van der Waals surface area contributed by atoms with E-state index in [0.29, 0.717) is 37.0 Å². The first kappa shape index (κ1) is 32.1. The van der Waals surface area contributed by atoms with Crippen LogP contribution >= 0.6 is 15.9 Å². The Balaban J connectivity index is 1.49. The smallest absolute Gasteiger partial charge is 0.175 e. The average molecular weight is 675 g/mol. The second kappa shape index (κ2) is 12.1. The van der Waals surface area contributed by atoms with Gasteiger partial charge in [0, 0.05) is 47.3 Å². The molecular weight excluding hydrogens is 626 g/mol. The molecule has 3 aliphatic carbocycles. The quantitative estimate of drug-likeness (QED) is 0.306. The Hall–Kier alpha value is -2.86. The Morgan fingerprint density at radius 2 is 1.42 bits per heavy atom. The van der Waals surface area contributed by atoms with Crippen molar-refractivity contribution in [1.82, 2.24) is 4.90 Å². The van der Waals surface area contributed by atoms with Crippen molar-refractivity contribution in [3.63, 3.8) is 0 Å². The number of hydrogen-bond donors (Lipinski definition) is 0. The molecule has 0 aromatic heterocycles. The summed E-state index contributed by atoms with van der Waals surface area (Å²) in [5, 5.41) is 0. The molecule has 1 heterocycles. The highest BCUT2D eigenvalue weighted by Crippen LogP contribution is 2.56. The van der Waals surface area contributed by atoms with Gasteiger partial charge in [-0.3, -0.25) is 9.59 Å². The van der Waals surface area contributed by atoms with Crippen LogP contribution in [0.25, 0.3) is 0 Å². The third-order valence-corrected chi connectivity index (χ3v) is 11.0. The van der Waals surface area contributed by atoms with Crippen molar-refractivity contribution >= 4 is 27.5 Å². The van der Waals surface area contributed by atoms with Gasteiger partial charge in [0.25, 0.3) is 0 Å². The topological polar surface area (TPSA) is 55.8 Å². The Kier molecular flexibility index (Phi) is 8.60. The first-order valence-corrected chi connectivity index (χ1v) is 17.5. The van der Waals surface area contributed by atoms with E-state index in [2.05, 4.69) is 86.6 Å². The van der Waals surface area contributed by atoms with Crippen molar-refractivity contribution in [2.75, 3.05) is 7.11 Å². The van der Waals surface area contributed by atoms with Crippen molar-refractivity contribution < 1.29 is 19.1 Å². The van der Waals surface area contributed by atoms with Crippen LogP contribution in [0.15, 0.2) is 57.3 Å². The molecule has 6 heteroatoms. The predicted octanol–water partition coefficient (Wildman–Crippen LogP) is 9.67. The van der Waals surface area contributed by atoms with Gasteiger partial charge in [-0.15, -0.1) is 0 Å². The number of methoxy groups -OCH3 is 1. The normalized spacial score (nSPS) is 22.0. The highest BCUT2D eigenvalue weighted by Gasteiger charge is 2.50. The fraction of sp³-hybridized carbons (Fsp3) is 0.538. The molecule has 0 amide bonds. The molecule has 0 atom stereocenters. The summed E-state index contributed by atoms with van der Waals surface area (Å²) in [4.78, 5) is 31.1. The van der Waals surface area contributed by atoms with Crippen molar-refractivity contribution in [3.8, 4) is 11.5 Å². The van der Waals surface area contributed by atoms with Gasteiger partial charge in [-0.05, 0) is 101 Å². The largest absolute Gasteiger partial charge is 0.493 e. The maximum absolute atomic E-state index is 14.3. The van der Waals surface area contributed by atoms with Gasteiger partial charge in [-0.25, -0.2) is 0 Å². The van der Waals surface area contributed by atoms with Gasteiger partial charge in [0.2, 0.25) is 0 Å². The Morgan fingerprint density at radius 1 is 0.822 bits per heavy atom. The monoisotopic (exact) mass is 673 g/mol. The molecule has 2 aromatic carbocycles. The second-order valence-electron chi connectivity index (χ2n) is 15.4. The maximum Gasteiger partial charge on any atom is 0.175 e. The van der Waals surface area contributed by atoms with E-state index in [1.54, 1.807) is 7.11 Å². The molecule has 0 bridgehead atoms. The molecule has 2 aromatic rings. The fourth-order valence-corrected chi connectivity index (χ4v) is 8.78. The van der Waals surface area contributed by atoms with Crippen LogP contribution in [0.2, 0.25) is 0 Å². The number of halogens is 1. The van der Waals surface area contributed by atoms with Gasteiger partial charge in [0.1, 0.15) is 6.61 Å². The minimum Gasteiger partial charge on any atom is -0.493 e. The molecule has 0 unspecified atom stereocenters. The number of carbonyl (C=O) groups excluding carboxylic acids is 2. The van der Waals surface area contributed by atoms with Gasteiger partial charge in [0.05, 0.1) is 11.6 Å². The lowest BCUT2D eigenvalue weighted by molar-refractivity contribution is -0.119. The first-order valence-electron chi connectivity index (χ1n) is 16.7. The zero-order valence-electron chi connectivity index (χ0n) is 28.1. The number of carbonyl (C=O) groups is 2. The maximum atomic E-state index is 14.3. The van der Waals surface area contributed by atoms with Crippen LogP contribution in [0.1, 0.15) is 114 Å². The second-order valence-corrected chi connectivity index (χ2v) is 16.3. The van der Waals surface area contributed by atoms with Gasteiger partial charge in [-0.1, -0.05) is 65.2 Å². The standard InChI is InChI=1S/C39H48BrNO4/c1-23-13-14-25(15-24(23)2)22-45-37-28(40)16-26(17-33(37)44-7)34-35-29(18-38(3,4)20-31(35)42)41(27-11-9-8-10-12-27)30-19-39(5,6)21-32(43)36(30)34/h13-17,27,34H,8-12,18-22H2,1-7H3. The van der Waals surface area contributed by atoms with Gasteiger partial charge < -0.3 is 14.4 Å². The minimum absolute atomic E-state index is 0.135. The zero-order valence-corrected chi connectivity index (χ0v) is 29.7. The van der Waals surface area contributed by atoms with E-state index in [9.17, 15) is 9.59 Å². The molecule has 1 aliphatic heterocycles. The molecule has 1 saturated carbocycles. The number of hydrogen-bond acceptors (Lipinski definition) is 5. The first-order chi connectivity index (χ1) is 21.3. The number of ketones is 2. The van der Waals surface area contributed by atoms with E-state index < -0.39 is 5.92 Å². The molecular formula is C39H48BrNO4. The molecule has 5 nitrogen and oxygen atoms in total. The third-order valence-electron chi connectivity index (χ3n) is 10.4. The van der Waals surface area contributed by atoms with Crippen molar-refractivity contribution in [2.45, 2.75) is 118 Å². The molecule has 240 valence electrons. The molecule has 0 saturated heterocycles. The number of ether oxygens (including phenoxy) is 2. The summed E-state index contributed by atoms with van der Waals surface area (Å²) in [5.74, 6) is 1.13. The number of allylic oxidation sites excluding steroid dienone is 4. The van der Waals surface area contributed by atoms with E-state index in [1.807, 2.05) is 6.07 Å². The summed E-state index contributed by atoms with van der Waals surface area (Å²) in [6.45, 7) is 13.5. The number of benzene rings is 2. The molecule has 0 radical (unpaired) electrons. The number of aryl methyl sites for hydroxylation is 2. The van der Waals surface area contributed by atoms with Gasteiger partial charge >= 0.3 is 0 Å². The average Bonchev–Trinajstić information content (AvgIpc) is 2.96. The summed E-state index contributed by atoms with van der Waals surface area (Å²) in [6, 6.07) is 10.7. The number of Topliss-reactive ketones (excluding diaryl/α,β-unsaturated/α-hetero) is 2. The molecule has 1 fully saturated rings. The van der Waals surface area contributed by atoms with E-state index >= 15 is 0 Å². The summed E-state index contributed by atoms with van der Waals surface area (Å²) in [7, 11) is 1.65. The SMILES string of the molecule is COc1cc(C2C3=C(CC(C)(C)CC3=O)N(C3CCCCC3)C3=C2C(=O)CC(C)(C)C3)cc(Br)c1OCc1ccc(C)c(C)c1. The van der Waals surface area contributed by atoms with Crippen LogP contribution in [0.4, 0.5) is 0 Å². The van der Waals surface area contributed by atoms with Crippen LogP contribution < -0.4 is 9.47 Å². The lowest BCUT2D eigenvalue weighted by Crippen LogP contribution is -2.48. The lowest BCUT2D eigenvalue weighted by Gasteiger charge is -2.52. The van der Waals surface area contributed by atoms with Crippen LogP contribution in [0.5, 0.6) is 11.5 Å². The molecule has 0 spiro atoms. The minimum atomic E-state index is -0.416. The van der Waals surface area contributed by atoms with Crippen LogP contribution in [-0.2, 0) is 16.2 Å². The van der Waals surface area contributed by atoms with Crippen molar-refractivity contribution in [1.29, 1.82) is 0 Å². The number of nitrogens with zero attached hydrogens (tertiary/aromatic N) is 1. The van der Waals surface area contributed by atoms with E-state index in [4.69, 9.17) is 9.47 Å². The summed E-state index contributed by atoms with van der Waals surface area (Å²) in [5.41, 5.74) is 8.15. The molecule has 45 heavy (non-hydrogen) atoms. The highest BCUT2D eigenvalue weighted by molar-refractivity contribution is 9.10. The zero-order chi connectivity index (χ0) is 32.3. The Morgan fingerprint density at radius 3 is 1.98 bits per heavy atom. The van der Waals surface area contributed by atoms with E-state index in [0.717, 1.165) is 63.8 Å². The predicted molar refractivity (Wildman–Crippen MR) is 182 cm³/mol. The van der Waals surface area contributed by atoms with Gasteiger partial charge in [-0.2, -0.15) is 0 Å². The molecule has 0 N–H and O–H groups in total. The molecule has 4 aliphatic rings. The Labute approximate surface area is 277 Å². The highest BCUT2D eigenvalue weighted by atomic mass is 79.9. The Bertz CT molecular complexity index is 1550.